The summed E-state index contributed by atoms with van der Waals surface area (Å²) in [4.78, 5) is 25.1. The van der Waals surface area contributed by atoms with E-state index < -0.39 is 5.69 Å². The van der Waals surface area contributed by atoms with E-state index in [0.29, 0.717) is 28.1 Å². The van der Waals surface area contributed by atoms with Gasteiger partial charge in [0.15, 0.2) is 17.1 Å². The lowest BCUT2D eigenvalue weighted by molar-refractivity contribution is -0.117. The van der Waals surface area contributed by atoms with Gasteiger partial charge in [0, 0.05) is 17.0 Å². The molecule has 9 nitrogen and oxygen atoms in total. The van der Waals surface area contributed by atoms with Gasteiger partial charge in [-0.25, -0.2) is 9.48 Å². The predicted octanol–water partition coefficient (Wildman–Crippen LogP) is 2.68. The maximum atomic E-state index is 12.7. The molecule has 156 valence electrons. The average molecular weight is 427 g/mol. The number of rotatable bonds is 5. The van der Waals surface area contributed by atoms with Gasteiger partial charge in [0.2, 0.25) is 12.7 Å². The van der Waals surface area contributed by atoms with Gasteiger partial charge in [-0.1, -0.05) is 19.3 Å². The van der Waals surface area contributed by atoms with Gasteiger partial charge in [-0.3, -0.25) is 4.79 Å². The maximum absolute atomic E-state index is 12.7. The third-order valence-corrected chi connectivity index (χ3v) is 6.47. The lowest BCUT2D eigenvalue weighted by atomic mass is 10.0. The molecule has 30 heavy (non-hydrogen) atoms. The normalized spacial score (nSPS) is 16.1. The van der Waals surface area contributed by atoms with E-state index in [1.165, 1.54) is 36.6 Å². The highest BCUT2D eigenvalue weighted by Crippen LogP contribution is 2.34. The van der Waals surface area contributed by atoms with Gasteiger partial charge in [-0.15, -0.1) is 16.9 Å². The number of nitrogens with one attached hydrogen (secondary N) is 1. The van der Waals surface area contributed by atoms with Gasteiger partial charge < -0.3 is 14.8 Å². The van der Waals surface area contributed by atoms with Crippen LogP contribution in [0.4, 0.5) is 5.69 Å². The molecule has 3 heterocycles. The van der Waals surface area contributed by atoms with E-state index in [1.54, 1.807) is 36.0 Å². The molecule has 1 amide bonds. The van der Waals surface area contributed by atoms with E-state index in [-0.39, 0.29) is 19.2 Å². The van der Waals surface area contributed by atoms with Crippen LogP contribution in [-0.2, 0) is 11.3 Å². The van der Waals surface area contributed by atoms with Crippen LogP contribution >= 0.6 is 11.8 Å². The van der Waals surface area contributed by atoms with Gasteiger partial charge in [0.05, 0.1) is 0 Å². The van der Waals surface area contributed by atoms with E-state index >= 15 is 0 Å². The third kappa shape index (κ3) is 3.87. The molecule has 0 radical (unpaired) electrons. The molecule has 1 fully saturated rings. The monoisotopic (exact) mass is 427 g/mol. The fourth-order valence-electron chi connectivity index (χ4n) is 3.72. The van der Waals surface area contributed by atoms with Gasteiger partial charge >= 0.3 is 5.69 Å². The molecule has 0 saturated heterocycles. The number of hydrogen-bond acceptors (Lipinski definition) is 7. The smallest absolute Gasteiger partial charge is 0.367 e. The minimum atomic E-state index is -0.433. The molecule has 0 spiro atoms. The van der Waals surface area contributed by atoms with Crippen molar-refractivity contribution in [3.05, 3.63) is 40.8 Å². The standard InChI is InChI=1S/C20H21N5O4S/c26-18(21-13-6-7-15-16(10-13)29-12-28-15)11-24-20(27)25-17(22-24)8-9-19(23-25)30-14-4-2-1-3-5-14/h6-10,14H,1-5,11-12H2,(H,21,26). The van der Waals surface area contributed by atoms with E-state index in [4.69, 9.17) is 9.47 Å². The van der Waals surface area contributed by atoms with Crippen LogP contribution in [0.3, 0.4) is 0 Å². The molecule has 3 aromatic rings. The highest BCUT2D eigenvalue weighted by Gasteiger charge is 2.18. The molecule has 10 heteroatoms. The summed E-state index contributed by atoms with van der Waals surface area (Å²) < 4.78 is 13.0. The van der Waals surface area contributed by atoms with Crippen molar-refractivity contribution in [2.75, 3.05) is 12.1 Å². The maximum Gasteiger partial charge on any atom is 0.367 e. The second kappa shape index (κ2) is 8.02. The molecule has 5 rings (SSSR count). The number of aromatic nitrogens is 4. The van der Waals surface area contributed by atoms with Crippen LogP contribution in [0.15, 0.2) is 40.2 Å². The molecule has 0 bridgehead atoms. The zero-order chi connectivity index (χ0) is 20.5. The lowest BCUT2D eigenvalue weighted by Gasteiger charge is -2.20. The fraction of sp³-hybridized carbons (Fsp3) is 0.400. The van der Waals surface area contributed by atoms with Crippen LogP contribution < -0.4 is 20.5 Å². The van der Waals surface area contributed by atoms with Gasteiger partial charge in [0.25, 0.3) is 0 Å². The van der Waals surface area contributed by atoms with Crippen LogP contribution in [0.5, 0.6) is 11.5 Å². The van der Waals surface area contributed by atoms with Crippen LogP contribution in [0, 0.1) is 0 Å². The SMILES string of the molecule is O=C(Cn1nc2ccc(SC3CCCCC3)nn2c1=O)Nc1ccc2c(c1)OCO2. The summed E-state index contributed by atoms with van der Waals surface area (Å²) in [5, 5.41) is 12.8. The van der Waals surface area contributed by atoms with Crippen molar-refractivity contribution in [3.63, 3.8) is 0 Å². The summed E-state index contributed by atoms with van der Waals surface area (Å²) in [5.41, 5.74) is 0.547. The molecule has 1 aliphatic carbocycles. The van der Waals surface area contributed by atoms with Gasteiger partial charge in [-0.05, 0) is 37.1 Å². The topological polar surface area (TPSA) is 99.8 Å². The van der Waals surface area contributed by atoms with Crippen LogP contribution in [0.2, 0.25) is 0 Å². The van der Waals surface area contributed by atoms with E-state index in [1.807, 2.05) is 6.07 Å². The summed E-state index contributed by atoms with van der Waals surface area (Å²) in [6.07, 6.45) is 6.15. The first-order valence-electron chi connectivity index (χ1n) is 9.99. The zero-order valence-electron chi connectivity index (χ0n) is 16.2. The number of hydrogen-bond donors (Lipinski definition) is 1. The molecule has 1 aromatic carbocycles. The average Bonchev–Trinajstić information content (AvgIpc) is 3.33. The number of benzene rings is 1. The predicted molar refractivity (Wildman–Crippen MR) is 111 cm³/mol. The van der Waals surface area contributed by atoms with E-state index in [9.17, 15) is 9.59 Å². The van der Waals surface area contributed by atoms with Gasteiger partial charge in [-0.2, -0.15) is 9.61 Å². The molecule has 2 aliphatic rings. The Morgan fingerprint density at radius 3 is 2.80 bits per heavy atom. The summed E-state index contributed by atoms with van der Waals surface area (Å²) >= 11 is 1.71. The Hall–Kier alpha value is -3.01. The van der Waals surface area contributed by atoms with Crippen LogP contribution in [-0.4, -0.2) is 37.3 Å². The van der Waals surface area contributed by atoms with Crippen LogP contribution in [0.1, 0.15) is 32.1 Å². The Morgan fingerprint density at radius 2 is 1.93 bits per heavy atom. The van der Waals surface area contributed by atoms with Crippen molar-refractivity contribution in [2.24, 2.45) is 0 Å². The van der Waals surface area contributed by atoms with Crippen molar-refractivity contribution >= 4 is 29.0 Å². The van der Waals surface area contributed by atoms with Crippen molar-refractivity contribution in [2.45, 2.75) is 48.9 Å². The number of anilines is 1. The minimum absolute atomic E-state index is 0.164. The summed E-state index contributed by atoms with van der Waals surface area (Å²) in [7, 11) is 0. The number of carbonyl (C=O) groups excluding carboxylic acids is 1. The number of thioether (sulfide) groups is 1. The highest BCUT2D eigenvalue weighted by atomic mass is 32.2. The zero-order valence-corrected chi connectivity index (χ0v) is 17.1. The molecule has 2 aromatic heterocycles. The quantitative estimate of drug-likeness (QED) is 0.668. The number of amides is 1. The molecule has 1 N–H and O–H groups in total. The second-order valence-corrected chi connectivity index (χ2v) is 8.70. The fourth-order valence-corrected chi connectivity index (χ4v) is 4.91. The second-order valence-electron chi connectivity index (χ2n) is 7.38. The Balaban J connectivity index is 1.29. The highest BCUT2D eigenvalue weighted by molar-refractivity contribution is 7.99. The molecule has 0 atom stereocenters. The number of fused-ring (bicyclic) bond motifs is 2. The Labute approximate surface area is 176 Å². The van der Waals surface area contributed by atoms with Crippen molar-refractivity contribution < 1.29 is 14.3 Å². The molecule has 1 saturated carbocycles. The van der Waals surface area contributed by atoms with Crippen molar-refractivity contribution in [3.8, 4) is 11.5 Å². The number of carbonyl (C=O) groups is 1. The van der Waals surface area contributed by atoms with Gasteiger partial charge in [0.1, 0.15) is 11.6 Å². The van der Waals surface area contributed by atoms with Crippen LogP contribution in [0.25, 0.3) is 5.65 Å². The number of ether oxygens (including phenoxy) is 2. The van der Waals surface area contributed by atoms with E-state index in [2.05, 4.69) is 15.5 Å². The first-order valence-corrected chi connectivity index (χ1v) is 10.9. The van der Waals surface area contributed by atoms with Crippen molar-refractivity contribution in [1.82, 2.24) is 19.4 Å². The molecular weight excluding hydrogens is 406 g/mol. The first kappa shape index (κ1) is 19.0. The number of nitrogens with zero attached hydrogens (tertiary/aromatic N) is 4. The Morgan fingerprint density at radius 1 is 1.10 bits per heavy atom. The van der Waals surface area contributed by atoms with E-state index in [0.717, 1.165) is 9.71 Å². The van der Waals surface area contributed by atoms with Crippen molar-refractivity contribution in [1.29, 1.82) is 0 Å². The lowest BCUT2D eigenvalue weighted by Crippen LogP contribution is -2.28. The largest absolute Gasteiger partial charge is 0.454 e. The first-order chi connectivity index (χ1) is 14.7. The molecular formula is C20H21N5O4S. The minimum Gasteiger partial charge on any atom is -0.454 e. The molecule has 0 unspecified atom stereocenters. The Bertz CT molecular complexity index is 1150. The summed E-state index contributed by atoms with van der Waals surface area (Å²) in [6, 6.07) is 8.78. The molecule has 1 aliphatic heterocycles. The third-order valence-electron chi connectivity index (χ3n) is 5.21. The summed E-state index contributed by atoms with van der Waals surface area (Å²) in [6.45, 7) is -0.0425. The summed E-state index contributed by atoms with van der Waals surface area (Å²) in [5.74, 6) is 0.846. The Kier molecular flexibility index (Phi) is 5.07.